The molecule has 7 nitrogen and oxygen atoms in total. The molecule has 1 amide bonds. The molecule has 0 aliphatic rings. The fourth-order valence-corrected chi connectivity index (χ4v) is 3.77. The molecule has 0 aliphatic carbocycles. The van der Waals surface area contributed by atoms with E-state index >= 15 is 0 Å². The van der Waals surface area contributed by atoms with Crippen molar-refractivity contribution in [3.05, 3.63) is 84.4 Å². The predicted molar refractivity (Wildman–Crippen MR) is 130 cm³/mol. The van der Waals surface area contributed by atoms with Crippen LogP contribution in [0.15, 0.2) is 78.9 Å². The molecule has 0 atom stereocenters. The molecule has 2 heterocycles. The Morgan fingerprint density at radius 2 is 1.70 bits per heavy atom. The Morgan fingerprint density at radius 3 is 2.42 bits per heavy atom. The van der Waals surface area contributed by atoms with E-state index in [1.54, 1.807) is 0 Å². The summed E-state index contributed by atoms with van der Waals surface area (Å²) in [7, 11) is 0. The zero-order valence-corrected chi connectivity index (χ0v) is 18.5. The number of H-pyrrole nitrogens is 1. The van der Waals surface area contributed by atoms with Gasteiger partial charge in [-0.05, 0) is 17.7 Å². The minimum Gasteiger partial charge on any atom is -0.308 e. The Hall–Kier alpha value is -4.26. The van der Waals surface area contributed by atoms with Gasteiger partial charge in [0.15, 0.2) is 5.82 Å². The molecule has 0 fully saturated rings. The first-order valence-corrected chi connectivity index (χ1v) is 10.9. The second kappa shape index (κ2) is 8.70. The van der Waals surface area contributed by atoms with E-state index in [9.17, 15) is 4.79 Å². The topological polar surface area (TPSA) is 88.5 Å². The van der Waals surface area contributed by atoms with Crippen LogP contribution in [0, 0.1) is 5.92 Å². The Balaban J connectivity index is 1.61. The van der Waals surface area contributed by atoms with Crippen LogP contribution < -0.4 is 5.32 Å². The molecule has 0 saturated heterocycles. The second-order valence-electron chi connectivity index (χ2n) is 8.27. The highest BCUT2D eigenvalue weighted by Gasteiger charge is 2.19. The van der Waals surface area contributed by atoms with Gasteiger partial charge in [0, 0.05) is 22.4 Å². The van der Waals surface area contributed by atoms with E-state index in [4.69, 9.17) is 0 Å². The molecule has 0 aliphatic heterocycles. The van der Waals surface area contributed by atoms with Crippen LogP contribution in [-0.2, 0) is 11.3 Å². The molecule has 0 unspecified atom stereocenters. The van der Waals surface area contributed by atoms with E-state index in [1.807, 2.05) is 73.1 Å². The molecule has 2 N–H and O–H groups in total. The Kier molecular flexibility index (Phi) is 5.44. The zero-order chi connectivity index (χ0) is 22.8. The normalized spacial score (nSPS) is 11.2. The van der Waals surface area contributed by atoms with Crippen LogP contribution in [0.3, 0.4) is 0 Å². The Morgan fingerprint density at radius 1 is 0.970 bits per heavy atom. The summed E-state index contributed by atoms with van der Waals surface area (Å²) in [5.41, 5.74) is 5.65. The van der Waals surface area contributed by atoms with Crippen molar-refractivity contribution in [2.24, 2.45) is 5.92 Å². The molecular weight excluding hydrogens is 412 g/mol. The van der Waals surface area contributed by atoms with Crippen LogP contribution in [0.25, 0.3) is 33.4 Å². The number of anilines is 1. The number of nitrogens with one attached hydrogen (secondary N) is 2. The lowest BCUT2D eigenvalue weighted by atomic mass is 10.0. The number of fused-ring (bicyclic) bond motifs is 1. The molecule has 5 rings (SSSR count). The van der Waals surface area contributed by atoms with Gasteiger partial charge in [-0.2, -0.15) is 5.10 Å². The van der Waals surface area contributed by atoms with Gasteiger partial charge >= 0.3 is 0 Å². The molecule has 0 saturated carbocycles. The maximum atomic E-state index is 12.2. The van der Waals surface area contributed by atoms with E-state index in [1.165, 1.54) is 0 Å². The molecule has 164 valence electrons. The van der Waals surface area contributed by atoms with Crippen molar-refractivity contribution in [2.45, 2.75) is 20.4 Å². The SMILES string of the molecule is CC(C)C(=O)Nc1n[nH]c2ccc(-c3nnn(Cc4ccccc4)c3-c3ccccc3)cc12. The van der Waals surface area contributed by atoms with Crippen molar-refractivity contribution in [1.82, 2.24) is 25.2 Å². The number of aromatic nitrogens is 5. The number of carbonyl (C=O) groups excluding carboxylic acids is 1. The quantitative estimate of drug-likeness (QED) is 0.386. The van der Waals surface area contributed by atoms with Gasteiger partial charge < -0.3 is 5.32 Å². The summed E-state index contributed by atoms with van der Waals surface area (Å²) in [6, 6.07) is 26.3. The van der Waals surface area contributed by atoms with Crippen molar-refractivity contribution in [3.63, 3.8) is 0 Å². The van der Waals surface area contributed by atoms with E-state index in [0.717, 1.165) is 39.0 Å². The van der Waals surface area contributed by atoms with Crippen molar-refractivity contribution in [3.8, 4) is 22.5 Å². The summed E-state index contributed by atoms with van der Waals surface area (Å²) in [6.07, 6.45) is 0. The highest BCUT2D eigenvalue weighted by Crippen LogP contribution is 2.33. The molecule has 5 aromatic rings. The first kappa shape index (κ1) is 20.6. The Labute approximate surface area is 191 Å². The van der Waals surface area contributed by atoms with Gasteiger partial charge in [0.2, 0.25) is 5.91 Å². The zero-order valence-electron chi connectivity index (χ0n) is 18.5. The van der Waals surface area contributed by atoms with Crippen LogP contribution >= 0.6 is 0 Å². The minimum absolute atomic E-state index is 0.0763. The molecule has 0 bridgehead atoms. The standard InChI is InChI=1S/C26H24N6O/c1-17(2)26(33)27-25-21-15-20(13-14-22(21)28-30-25)23-24(19-11-7-4-8-12-19)32(31-29-23)16-18-9-5-3-6-10-18/h3-15,17H,16H2,1-2H3,(H2,27,28,30,33). The summed E-state index contributed by atoms with van der Waals surface area (Å²) >= 11 is 0. The number of benzene rings is 3. The fraction of sp³-hybridized carbons (Fsp3) is 0.154. The summed E-state index contributed by atoms with van der Waals surface area (Å²) in [5.74, 6) is 0.304. The lowest BCUT2D eigenvalue weighted by molar-refractivity contribution is -0.118. The van der Waals surface area contributed by atoms with Crippen molar-refractivity contribution >= 4 is 22.6 Å². The number of amides is 1. The lowest BCUT2D eigenvalue weighted by Crippen LogP contribution is -2.18. The number of nitrogens with zero attached hydrogens (tertiary/aromatic N) is 4. The third kappa shape index (κ3) is 4.13. The third-order valence-corrected chi connectivity index (χ3v) is 5.56. The van der Waals surface area contributed by atoms with Gasteiger partial charge in [-0.3, -0.25) is 9.89 Å². The molecule has 2 aromatic heterocycles. The van der Waals surface area contributed by atoms with Gasteiger partial charge in [0.25, 0.3) is 0 Å². The molecular formula is C26H24N6O. The van der Waals surface area contributed by atoms with Gasteiger partial charge in [-0.15, -0.1) is 5.10 Å². The highest BCUT2D eigenvalue weighted by molar-refractivity contribution is 6.01. The van der Waals surface area contributed by atoms with E-state index in [-0.39, 0.29) is 11.8 Å². The minimum atomic E-state index is -0.137. The maximum absolute atomic E-state index is 12.2. The third-order valence-electron chi connectivity index (χ3n) is 5.56. The van der Waals surface area contributed by atoms with E-state index in [0.29, 0.717) is 12.4 Å². The number of rotatable bonds is 6. The van der Waals surface area contributed by atoms with Crippen LogP contribution in [0.2, 0.25) is 0 Å². The lowest BCUT2D eigenvalue weighted by Gasteiger charge is -2.09. The van der Waals surface area contributed by atoms with E-state index in [2.05, 4.69) is 50.1 Å². The highest BCUT2D eigenvalue weighted by atomic mass is 16.1. The molecule has 0 radical (unpaired) electrons. The molecule has 33 heavy (non-hydrogen) atoms. The van der Waals surface area contributed by atoms with Gasteiger partial charge in [-0.25, -0.2) is 4.68 Å². The second-order valence-corrected chi connectivity index (χ2v) is 8.27. The number of carbonyl (C=O) groups is 1. The molecule has 7 heteroatoms. The van der Waals surface area contributed by atoms with Crippen molar-refractivity contribution in [1.29, 1.82) is 0 Å². The van der Waals surface area contributed by atoms with Crippen LogP contribution in [0.1, 0.15) is 19.4 Å². The molecule has 0 spiro atoms. The van der Waals surface area contributed by atoms with Crippen LogP contribution in [0.5, 0.6) is 0 Å². The number of hydrogen-bond donors (Lipinski definition) is 2. The summed E-state index contributed by atoms with van der Waals surface area (Å²) in [6.45, 7) is 4.32. The monoisotopic (exact) mass is 436 g/mol. The number of aromatic amines is 1. The van der Waals surface area contributed by atoms with E-state index < -0.39 is 0 Å². The van der Waals surface area contributed by atoms with Crippen molar-refractivity contribution < 1.29 is 4.79 Å². The summed E-state index contributed by atoms with van der Waals surface area (Å²) < 4.78 is 1.93. The fourth-order valence-electron chi connectivity index (χ4n) is 3.77. The van der Waals surface area contributed by atoms with Crippen molar-refractivity contribution in [2.75, 3.05) is 5.32 Å². The average molecular weight is 437 g/mol. The smallest absolute Gasteiger partial charge is 0.228 e. The summed E-state index contributed by atoms with van der Waals surface area (Å²) in [4.78, 5) is 12.2. The van der Waals surface area contributed by atoms with Gasteiger partial charge in [0.05, 0.1) is 17.8 Å². The maximum Gasteiger partial charge on any atom is 0.228 e. The number of hydrogen-bond acceptors (Lipinski definition) is 4. The predicted octanol–water partition coefficient (Wildman–Crippen LogP) is 5.13. The average Bonchev–Trinajstić information content (AvgIpc) is 3.44. The Bertz CT molecular complexity index is 1400. The first-order chi connectivity index (χ1) is 16.1. The van der Waals surface area contributed by atoms with Crippen LogP contribution in [-0.4, -0.2) is 31.1 Å². The largest absolute Gasteiger partial charge is 0.308 e. The van der Waals surface area contributed by atoms with Gasteiger partial charge in [0.1, 0.15) is 5.69 Å². The first-order valence-electron chi connectivity index (χ1n) is 10.9. The molecule has 3 aromatic carbocycles. The van der Waals surface area contributed by atoms with Gasteiger partial charge in [-0.1, -0.05) is 85.8 Å². The van der Waals surface area contributed by atoms with Crippen LogP contribution in [0.4, 0.5) is 5.82 Å². The summed E-state index contributed by atoms with van der Waals surface area (Å²) in [5, 5.41) is 20.1.